The highest BCUT2D eigenvalue weighted by molar-refractivity contribution is 5.84. The summed E-state index contributed by atoms with van der Waals surface area (Å²) in [5, 5.41) is 7.87. The van der Waals surface area contributed by atoms with Gasteiger partial charge in [-0.25, -0.2) is 0 Å². The van der Waals surface area contributed by atoms with Gasteiger partial charge in [0.1, 0.15) is 6.04 Å². The number of rotatable bonds is 2. The molecule has 0 spiro atoms. The van der Waals surface area contributed by atoms with Gasteiger partial charge < -0.3 is 16.6 Å². The van der Waals surface area contributed by atoms with Crippen LogP contribution in [0.5, 0.6) is 0 Å². The van der Waals surface area contributed by atoms with Gasteiger partial charge >= 0.3 is 5.97 Å². The largest absolute Gasteiger partial charge is 0.480 e. The summed E-state index contributed by atoms with van der Waals surface area (Å²) >= 11 is 0. The average molecular weight is 160 g/mol. The van der Waals surface area contributed by atoms with Crippen molar-refractivity contribution in [3.8, 4) is 0 Å². The van der Waals surface area contributed by atoms with Gasteiger partial charge in [0.05, 0.1) is 0 Å². The van der Waals surface area contributed by atoms with Gasteiger partial charge in [-0.15, -0.1) is 0 Å². The lowest BCUT2D eigenvalue weighted by molar-refractivity contribution is -0.138. The van der Waals surface area contributed by atoms with Crippen LogP contribution in [0.15, 0.2) is 12.7 Å². The average Bonchev–Trinajstić information content (AvgIpc) is 1.89. The molecule has 0 radical (unpaired) electrons. The van der Waals surface area contributed by atoms with E-state index >= 15 is 0 Å². The molecule has 0 saturated carbocycles. The molecule has 0 heterocycles. The van der Waals surface area contributed by atoms with E-state index in [0.29, 0.717) is 0 Å². The van der Waals surface area contributed by atoms with E-state index in [-0.39, 0.29) is 0 Å². The quantitative estimate of drug-likeness (QED) is 0.454. The maximum Gasteiger partial charge on any atom is 0.320 e. The van der Waals surface area contributed by atoms with Crippen LogP contribution >= 0.6 is 0 Å². The van der Waals surface area contributed by atoms with E-state index in [4.69, 9.17) is 10.8 Å². The number of hydrogen-bond donors (Lipinski definition) is 3. The van der Waals surface area contributed by atoms with Gasteiger partial charge in [0.15, 0.2) is 0 Å². The zero-order valence-corrected chi connectivity index (χ0v) is 6.28. The standard InChI is InChI=1S/C3H7NO2.C3H5NO/c1-2(4)3(5)6;1-2-3(4)5/h2H,4H2,1H3,(H,5,6);2H,1H2,(H2,4,5)/t2-;/m0./s1. The number of nitrogens with two attached hydrogens (primary N) is 2. The number of primary amides is 1. The van der Waals surface area contributed by atoms with Gasteiger partial charge in [-0.2, -0.15) is 0 Å². The summed E-state index contributed by atoms with van der Waals surface area (Å²) in [6.45, 7) is 4.50. The van der Waals surface area contributed by atoms with Crippen molar-refractivity contribution in [1.82, 2.24) is 0 Å². The van der Waals surface area contributed by atoms with Crippen molar-refractivity contribution in [3.05, 3.63) is 12.7 Å². The first kappa shape index (κ1) is 12.3. The lowest BCUT2D eigenvalue weighted by Crippen LogP contribution is -2.25. The normalized spacial score (nSPS) is 10.4. The number of amides is 1. The summed E-state index contributed by atoms with van der Waals surface area (Å²) in [4.78, 5) is 19.0. The Balaban J connectivity index is 0. The molecule has 64 valence electrons. The first-order chi connectivity index (χ1) is 4.91. The van der Waals surface area contributed by atoms with Gasteiger partial charge in [0.2, 0.25) is 5.91 Å². The second-order valence-electron chi connectivity index (χ2n) is 1.73. The number of carboxylic acid groups (broad SMARTS) is 1. The first-order valence-electron chi connectivity index (χ1n) is 2.82. The van der Waals surface area contributed by atoms with Crippen LogP contribution in [0.25, 0.3) is 0 Å². The van der Waals surface area contributed by atoms with Gasteiger partial charge in [0, 0.05) is 0 Å². The molecule has 5 N–H and O–H groups in total. The molecule has 5 heteroatoms. The fourth-order valence-corrected chi connectivity index (χ4v) is 0. The summed E-state index contributed by atoms with van der Waals surface area (Å²) in [7, 11) is 0. The SMILES string of the molecule is C=CC(N)=O.C[C@H](N)C(=O)O. The Kier molecular flexibility index (Phi) is 7.57. The molecule has 11 heavy (non-hydrogen) atoms. The molecule has 5 nitrogen and oxygen atoms in total. The van der Waals surface area contributed by atoms with E-state index in [0.717, 1.165) is 6.08 Å². The van der Waals surface area contributed by atoms with Crippen LogP contribution in [0.2, 0.25) is 0 Å². The Morgan fingerprint density at radius 2 is 1.82 bits per heavy atom. The van der Waals surface area contributed by atoms with Gasteiger partial charge in [-0.3, -0.25) is 9.59 Å². The Labute approximate surface area is 64.7 Å². The summed E-state index contributed by atoms with van der Waals surface area (Å²) in [6.07, 6.45) is 1.06. The third-order valence-electron chi connectivity index (χ3n) is 0.591. The highest BCUT2D eigenvalue weighted by atomic mass is 16.4. The molecular weight excluding hydrogens is 148 g/mol. The van der Waals surface area contributed by atoms with Crippen LogP contribution in [0.3, 0.4) is 0 Å². The first-order valence-corrected chi connectivity index (χ1v) is 2.82. The molecule has 0 aromatic carbocycles. The van der Waals surface area contributed by atoms with Crippen molar-refractivity contribution in [3.63, 3.8) is 0 Å². The van der Waals surface area contributed by atoms with E-state index in [9.17, 15) is 9.59 Å². The molecule has 0 aromatic rings. The zero-order chi connectivity index (χ0) is 9.44. The second-order valence-corrected chi connectivity index (χ2v) is 1.73. The zero-order valence-electron chi connectivity index (χ0n) is 6.28. The topological polar surface area (TPSA) is 106 Å². The van der Waals surface area contributed by atoms with Crippen molar-refractivity contribution in [2.24, 2.45) is 11.5 Å². The molecule has 0 aliphatic carbocycles. The summed E-state index contributed by atoms with van der Waals surface area (Å²) < 4.78 is 0. The van der Waals surface area contributed by atoms with Gasteiger partial charge in [-0.05, 0) is 13.0 Å². The van der Waals surface area contributed by atoms with Crippen molar-refractivity contribution in [1.29, 1.82) is 0 Å². The number of carboxylic acids is 1. The smallest absolute Gasteiger partial charge is 0.320 e. The van der Waals surface area contributed by atoms with Crippen molar-refractivity contribution in [2.75, 3.05) is 0 Å². The molecule has 0 bridgehead atoms. The van der Waals surface area contributed by atoms with Crippen LogP contribution in [0.1, 0.15) is 6.92 Å². The molecule has 0 saturated heterocycles. The van der Waals surface area contributed by atoms with Crippen LogP contribution in [-0.2, 0) is 9.59 Å². The predicted octanol–water partition coefficient (Wildman–Crippen LogP) is -0.924. The minimum Gasteiger partial charge on any atom is -0.480 e. The Morgan fingerprint density at radius 1 is 1.64 bits per heavy atom. The molecule has 1 amide bonds. The molecule has 0 fully saturated rings. The lowest BCUT2D eigenvalue weighted by atomic mass is 10.4. The van der Waals surface area contributed by atoms with Crippen molar-refractivity contribution < 1.29 is 14.7 Å². The monoisotopic (exact) mass is 160 g/mol. The van der Waals surface area contributed by atoms with E-state index < -0.39 is 17.9 Å². The van der Waals surface area contributed by atoms with E-state index in [2.05, 4.69) is 12.3 Å². The Hall–Kier alpha value is -1.36. The molecule has 1 atom stereocenters. The molecule has 0 unspecified atom stereocenters. The van der Waals surface area contributed by atoms with Crippen LogP contribution in [-0.4, -0.2) is 23.0 Å². The minimum absolute atomic E-state index is 0.481. The summed E-state index contributed by atoms with van der Waals surface area (Å²) in [5.74, 6) is -1.44. The molecule has 0 aliphatic heterocycles. The maximum absolute atomic E-state index is 9.57. The van der Waals surface area contributed by atoms with Crippen LogP contribution in [0, 0.1) is 0 Å². The molecule has 0 aromatic heterocycles. The third kappa shape index (κ3) is 17.7. The van der Waals surface area contributed by atoms with Crippen molar-refractivity contribution in [2.45, 2.75) is 13.0 Å². The highest BCUT2D eigenvalue weighted by Gasteiger charge is 1.99. The van der Waals surface area contributed by atoms with E-state index in [1.807, 2.05) is 0 Å². The van der Waals surface area contributed by atoms with Gasteiger partial charge in [0.25, 0.3) is 0 Å². The Morgan fingerprint density at radius 3 is 1.82 bits per heavy atom. The summed E-state index contributed by atoms with van der Waals surface area (Å²) in [5.41, 5.74) is 9.37. The molecule has 0 rings (SSSR count). The fraction of sp³-hybridized carbons (Fsp3) is 0.333. The van der Waals surface area contributed by atoms with E-state index in [1.165, 1.54) is 6.92 Å². The van der Waals surface area contributed by atoms with E-state index in [1.54, 1.807) is 0 Å². The maximum atomic E-state index is 9.57. The van der Waals surface area contributed by atoms with Crippen LogP contribution < -0.4 is 11.5 Å². The Bertz CT molecular complexity index is 154. The van der Waals surface area contributed by atoms with Crippen molar-refractivity contribution >= 4 is 11.9 Å². The van der Waals surface area contributed by atoms with Gasteiger partial charge in [-0.1, -0.05) is 6.58 Å². The summed E-state index contributed by atoms with van der Waals surface area (Å²) in [6, 6.07) is -0.731. The second kappa shape index (κ2) is 6.76. The highest BCUT2D eigenvalue weighted by Crippen LogP contribution is 1.68. The molecular formula is C6H12N2O3. The third-order valence-corrected chi connectivity index (χ3v) is 0.591. The predicted molar refractivity (Wildman–Crippen MR) is 40.7 cm³/mol. The number of carbonyl (C=O) groups is 2. The minimum atomic E-state index is -0.963. The number of carbonyl (C=O) groups excluding carboxylic acids is 1. The lowest BCUT2D eigenvalue weighted by Gasteiger charge is -1.90. The number of hydrogen-bond acceptors (Lipinski definition) is 3. The molecule has 0 aliphatic rings. The fourth-order valence-electron chi connectivity index (χ4n) is 0. The van der Waals surface area contributed by atoms with Crippen LogP contribution in [0.4, 0.5) is 0 Å². The number of aliphatic carboxylic acids is 1.